The highest BCUT2D eigenvalue weighted by Crippen LogP contribution is 2.26. The van der Waals surface area contributed by atoms with E-state index in [-0.39, 0.29) is 5.92 Å². The number of aromatic amines is 1. The lowest BCUT2D eigenvalue weighted by atomic mass is 10.0. The molecule has 2 aromatic heterocycles. The molecule has 9 heteroatoms. The van der Waals surface area contributed by atoms with Crippen molar-refractivity contribution in [1.82, 2.24) is 28.5 Å². The van der Waals surface area contributed by atoms with Crippen molar-refractivity contribution in [3.8, 4) is 11.5 Å². The summed E-state index contributed by atoms with van der Waals surface area (Å²) >= 11 is 0. The Morgan fingerprint density at radius 2 is 2.04 bits per heavy atom. The minimum Gasteiger partial charge on any atom is -0.341 e. The van der Waals surface area contributed by atoms with Crippen molar-refractivity contribution < 1.29 is 8.42 Å². The highest BCUT2D eigenvalue weighted by molar-refractivity contribution is 7.86. The van der Waals surface area contributed by atoms with Crippen molar-refractivity contribution >= 4 is 10.2 Å². The van der Waals surface area contributed by atoms with Crippen molar-refractivity contribution in [1.29, 1.82) is 0 Å². The van der Waals surface area contributed by atoms with Gasteiger partial charge in [0.05, 0.1) is 5.69 Å². The zero-order valence-electron chi connectivity index (χ0n) is 14.1. The summed E-state index contributed by atoms with van der Waals surface area (Å²) in [4.78, 5) is 16.4. The molecule has 2 aromatic rings. The number of hydrogen-bond acceptors (Lipinski definition) is 5. The minimum absolute atomic E-state index is 0.228. The van der Waals surface area contributed by atoms with Gasteiger partial charge in [-0.3, -0.25) is 4.98 Å². The van der Waals surface area contributed by atoms with E-state index in [1.54, 1.807) is 32.7 Å². The zero-order chi connectivity index (χ0) is 17.3. The monoisotopic (exact) mass is 350 g/mol. The topological polar surface area (TPSA) is 95.1 Å². The van der Waals surface area contributed by atoms with E-state index in [0.717, 1.165) is 23.5 Å². The fourth-order valence-electron chi connectivity index (χ4n) is 2.92. The molecule has 1 atom stereocenters. The molecule has 8 nitrogen and oxygen atoms in total. The third-order valence-corrected chi connectivity index (χ3v) is 6.13. The fraction of sp³-hybridized carbons (Fsp3) is 0.533. The molecule has 130 valence electrons. The van der Waals surface area contributed by atoms with Crippen molar-refractivity contribution in [3.05, 3.63) is 30.0 Å². The Bertz CT molecular complexity index is 817. The standard InChI is InChI=1S/C15H22N6O2S/c1-11-9-18-15(19-11)14-13(16-5-6-17-14)8-12-4-7-21(10-12)24(22,23)20(2)3/h5-6,9,12H,4,7-8,10H2,1-3H3,(H,18,19)/t12-/m0/s1. The van der Waals surface area contributed by atoms with Gasteiger partial charge < -0.3 is 4.98 Å². The van der Waals surface area contributed by atoms with Gasteiger partial charge in [0.15, 0.2) is 5.82 Å². The molecule has 0 unspecified atom stereocenters. The molecule has 24 heavy (non-hydrogen) atoms. The van der Waals surface area contributed by atoms with Crippen LogP contribution in [0.25, 0.3) is 11.5 Å². The van der Waals surface area contributed by atoms with Crippen LogP contribution >= 0.6 is 0 Å². The second-order valence-corrected chi connectivity index (χ2v) is 8.42. The van der Waals surface area contributed by atoms with Gasteiger partial charge in [-0.1, -0.05) is 0 Å². The van der Waals surface area contributed by atoms with Crippen LogP contribution in [0.5, 0.6) is 0 Å². The molecule has 0 aliphatic carbocycles. The highest BCUT2D eigenvalue weighted by Gasteiger charge is 2.33. The van der Waals surface area contributed by atoms with E-state index >= 15 is 0 Å². The summed E-state index contributed by atoms with van der Waals surface area (Å²) in [6, 6.07) is 0. The van der Waals surface area contributed by atoms with Crippen LogP contribution in [0.4, 0.5) is 0 Å². The van der Waals surface area contributed by atoms with E-state index in [2.05, 4.69) is 19.9 Å². The fourth-order valence-corrected chi connectivity index (χ4v) is 4.12. The van der Waals surface area contributed by atoms with Crippen LogP contribution in [0.3, 0.4) is 0 Å². The molecule has 0 bridgehead atoms. The van der Waals surface area contributed by atoms with Crippen LogP contribution in [-0.2, 0) is 16.6 Å². The molecule has 1 N–H and O–H groups in total. The number of imidazole rings is 1. The van der Waals surface area contributed by atoms with Crippen LogP contribution < -0.4 is 0 Å². The van der Waals surface area contributed by atoms with Gasteiger partial charge in [-0.05, 0) is 25.7 Å². The van der Waals surface area contributed by atoms with Gasteiger partial charge in [0.25, 0.3) is 10.2 Å². The Hall–Kier alpha value is -1.84. The summed E-state index contributed by atoms with van der Waals surface area (Å²) in [6.07, 6.45) is 6.57. The second kappa shape index (κ2) is 6.58. The minimum atomic E-state index is -3.35. The Morgan fingerprint density at radius 3 is 2.71 bits per heavy atom. The van der Waals surface area contributed by atoms with E-state index < -0.39 is 10.2 Å². The highest BCUT2D eigenvalue weighted by atomic mass is 32.2. The molecule has 1 saturated heterocycles. The summed E-state index contributed by atoms with van der Waals surface area (Å²) in [5.74, 6) is 0.928. The predicted octanol–water partition coefficient (Wildman–Crippen LogP) is 0.846. The molecule has 0 saturated carbocycles. The summed E-state index contributed by atoms with van der Waals surface area (Å²) in [5, 5.41) is 0. The molecule has 3 rings (SSSR count). The number of aryl methyl sites for hydroxylation is 1. The summed E-state index contributed by atoms with van der Waals surface area (Å²) in [5.41, 5.74) is 2.55. The van der Waals surface area contributed by atoms with E-state index in [1.165, 1.54) is 8.61 Å². The normalized spacial score (nSPS) is 19.2. The molecular formula is C15H22N6O2S. The van der Waals surface area contributed by atoms with E-state index in [4.69, 9.17) is 0 Å². The molecule has 1 aliphatic heterocycles. The van der Waals surface area contributed by atoms with Crippen molar-refractivity contribution in [2.45, 2.75) is 19.8 Å². The molecule has 1 fully saturated rings. The molecular weight excluding hydrogens is 328 g/mol. The molecule has 0 amide bonds. The van der Waals surface area contributed by atoms with Gasteiger partial charge in [-0.2, -0.15) is 17.0 Å². The van der Waals surface area contributed by atoms with Crippen LogP contribution in [0.1, 0.15) is 17.8 Å². The zero-order valence-corrected chi connectivity index (χ0v) is 14.9. The number of aromatic nitrogens is 4. The third kappa shape index (κ3) is 3.33. The summed E-state index contributed by atoms with van der Waals surface area (Å²) in [7, 11) is -0.232. The Labute approximate surface area is 142 Å². The van der Waals surface area contributed by atoms with Crippen LogP contribution in [-0.4, -0.2) is 64.1 Å². The largest absolute Gasteiger partial charge is 0.341 e. The maximum Gasteiger partial charge on any atom is 0.281 e. The van der Waals surface area contributed by atoms with Gasteiger partial charge in [0, 0.05) is 51.5 Å². The van der Waals surface area contributed by atoms with Gasteiger partial charge in [-0.15, -0.1) is 0 Å². The average Bonchev–Trinajstić information content (AvgIpc) is 3.17. The van der Waals surface area contributed by atoms with E-state index in [1.807, 2.05) is 6.92 Å². The lowest BCUT2D eigenvalue weighted by molar-refractivity contribution is 0.409. The quantitative estimate of drug-likeness (QED) is 0.862. The third-order valence-electron chi connectivity index (χ3n) is 4.22. The second-order valence-electron chi connectivity index (χ2n) is 6.27. The SMILES string of the molecule is Cc1cnc(-c2nccnc2C[C@@H]2CCN(S(=O)(=O)N(C)C)C2)[nH]1. The van der Waals surface area contributed by atoms with Crippen LogP contribution in [0.15, 0.2) is 18.6 Å². The molecule has 0 aromatic carbocycles. The Kier molecular flexibility index (Phi) is 4.66. The van der Waals surface area contributed by atoms with Gasteiger partial charge >= 0.3 is 0 Å². The Morgan fingerprint density at radius 1 is 1.29 bits per heavy atom. The number of hydrogen-bond donors (Lipinski definition) is 1. The van der Waals surface area contributed by atoms with Gasteiger partial charge in [-0.25, -0.2) is 9.97 Å². The van der Waals surface area contributed by atoms with Crippen LogP contribution in [0.2, 0.25) is 0 Å². The lowest BCUT2D eigenvalue weighted by Gasteiger charge is -2.20. The van der Waals surface area contributed by atoms with Crippen LogP contribution in [0, 0.1) is 12.8 Å². The van der Waals surface area contributed by atoms with Crippen molar-refractivity contribution in [3.63, 3.8) is 0 Å². The maximum absolute atomic E-state index is 12.2. The molecule has 1 aliphatic rings. The predicted molar refractivity (Wildman–Crippen MR) is 90.3 cm³/mol. The Balaban J connectivity index is 1.77. The number of H-pyrrole nitrogens is 1. The first-order chi connectivity index (χ1) is 11.4. The van der Waals surface area contributed by atoms with E-state index in [0.29, 0.717) is 25.3 Å². The average molecular weight is 350 g/mol. The first-order valence-electron chi connectivity index (χ1n) is 7.87. The van der Waals surface area contributed by atoms with Gasteiger partial charge in [0.2, 0.25) is 0 Å². The molecule has 0 radical (unpaired) electrons. The smallest absolute Gasteiger partial charge is 0.281 e. The summed E-state index contributed by atoms with van der Waals surface area (Å²) in [6.45, 7) is 2.99. The van der Waals surface area contributed by atoms with E-state index in [9.17, 15) is 8.42 Å². The maximum atomic E-state index is 12.2. The molecule has 3 heterocycles. The van der Waals surface area contributed by atoms with Crippen molar-refractivity contribution in [2.75, 3.05) is 27.2 Å². The van der Waals surface area contributed by atoms with Gasteiger partial charge in [0.1, 0.15) is 5.69 Å². The number of rotatable bonds is 5. The summed E-state index contributed by atoms with van der Waals surface area (Å²) < 4.78 is 27.3. The van der Waals surface area contributed by atoms with Crippen molar-refractivity contribution in [2.24, 2.45) is 5.92 Å². The first-order valence-corrected chi connectivity index (χ1v) is 9.27. The number of nitrogens with one attached hydrogen (secondary N) is 1. The molecule has 0 spiro atoms. The first kappa shape index (κ1) is 17.0. The lowest BCUT2D eigenvalue weighted by Crippen LogP contribution is -2.38. The number of nitrogens with zero attached hydrogens (tertiary/aromatic N) is 5.